The highest BCUT2D eigenvalue weighted by molar-refractivity contribution is 6.29. The SMILES string of the molecule is CC(=O)N1C(c2ccccc2OC(=O)c2ccc(Cl)nc2)CC2(C)CC(=O)NC12. The van der Waals surface area contributed by atoms with Gasteiger partial charge in [-0.05, 0) is 24.6 Å². The Hall–Kier alpha value is -2.93. The number of halogens is 1. The molecule has 2 fully saturated rings. The summed E-state index contributed by atoms with van der Waals surface area (Å²) >= 11 is 5.77. The molecule has 2 aliphatic rings. The molecule has 0 spiro atoms. The van der Waals surface area contributed by atoms with E-state index in [2.05, 4.69) is 10.3 Å². The first-order valence-electron chi connectivity index (χ1n) is 9.29. The Morgan fingerprint density at radius 3 is 2.72 bits per heavy atom. The predicted octanol–water partition coefficient (Wildman–Crippen LogP) is 3.10. The molecule has 3 heterocycles. The van der Waals surface area contributed by atoms with Crippen LogP contribution in [0.25, 0.3) is 0 Å². The molecular weight excluding hydrogens is 394 g/mol. The maximum atomic E-state index is 12.6. The number of hydrogen-bond donors (Lipinski definition) is 1. The summed E-state index contributed by atoms with van der Waals surface area (Å²) in [5.74, 6) is -0.390. The molecular formula is C21H20ClN3O4. The van der Waals surface area contributed by atoms with Crippen molar-refractivity contribution in [3.63, 3.8) is 0 Å². The molecule has 8 heteroatoms. The van der Waals surface area contributed by atoms with Gasteiger partial charge in [0.25, 0.3) is 0 Å². The molecule has 0 radical (unpaired) electrons. The lowest BCUT2D eigenvalue weighted by Gasteiger charge is -2.30. The van der Waals surface area contributed by atoms with Crippen LogP contribution in [0.4, 0.5) is 0 Å². The number of hydrogen-bond acceptors (Lipinski definition) is 5. The van der Waals surface area contributed by atoms with Crippen LogP contribution in [-0.2, 0) is 9.59 Å². The molecule has 0 bridgehead atoms. The molecule has 1 N–H and O–H groups in total. The third kappa shape index (κ3) is 3.46. The first-order chi connectivity index (χ1) is 13.8. The molecule has 1 aromatic carbocycles. The average molecular weight is 414 g/mol. The fraction of sp³-hybridized carbons (Fsp3) is 0.333. The number of fused-ring (bicyclic) bond motifs is 1. The number of aromatic nitrogens is 1. The van der Waals surface area contributed by atoms with Gasteiger partial charge in [-0.3, -0.25) is 9.59 Å². The lowest BCUT2D eigenvalue weighted by Crippen LogP contribution is -2.46. The summed E-state index contributed by atoms with van der Waals surface area (Å²) in [6, 6.07) is 9.89. The second-order valence-electron chi connectivity index (χ2n) is 7.74. The molecule has 0 saturated carbocycles. The Kier molecular flexibility index (Phi) is 4.78. The molecule has 1 aromatic heterocycles. The van der Waals surface area contributed by atoms with Gasteiger partial charge >= 0.3 is 5.97 Å². The van der Waals surface area contributed by atoms with E-state index in [1.807, 2.05) is 19.1 Å². The fourth-order valence-electron chi connectivity index (χ4n) is 4.32. The average Bonchev–Trinajstić information content (AvgIpc) is 3.10. The number of nitrogens with one attached hydrogen (secondary N) is 1. The van der Waals surface area contributed by atoms with Crippen LogP contribution in [0.3, 0.4) is 0 Å². The summed E-state index contributed by atoms with van der Waals surface area (Å²) < 4.78 is 5.64. The van der Waals surface area contributed by atoms with Crippen LogP contribution >= 0.6 is 11.6 Å². The smallest absolute Gasteiger partial charge is 0.345 e. The molecule has 2 amide bonds. The largest absolute Gasteiger partial charge is 0.423 e. The van der Waals surface area contributed by atoms with E-state index < -0.39 is 5.97 Å². The number of esters is 1. The molecule has 2 aliphatic heterocycles. The topological polar surface area (TPSA) is 88.6 Å². The van der Waals surface area contributed by atoms with Crippen molar-refractivity contribution in [3.8, 4) is 5.75 Å². The summed E-state index contributed by atoms with van der Waals surface area (Å²) in [5, 5.41) is 3.20. The van der Waals surface area contributed by atoms with Crippen LogP contribution in [-0.4, -0.2) is 33.8 Å². The maximum absolute atomic E-state index is 12.6. The van der Waals surface area contributed by atoms with Crippen molar-refractivity contribution in [1.82, 2.24) is 15.2 Å². The Morgan fingerprint density at radius 1 is 1.28 bits per heavy atom. The van der Waals surface area contributed by atoms with Gasteiger partial charge in [-0.15, -0.1) is 0 Å². The lowest BCUT2D eigenvalue weighted by atomic mass is 9.83. The van der Waals surface area contributed by atoms with E-state index in [0.29, 0.717) is 18.6 Å². The molecule has 150 valence electrons. The van der Waals surface area contributed by atoms with E-state index in [9.17, 15) is 14.4 Å². The number of pyridine rings is 1. The van der Waals surface area contributed by atoms with Gasteiger partial charge in [0.15, 0.2) is 0 Å². The number of benzene rings is 1. The van der Waals surface area contributed by atoms with E-state index in [-0.39, 0.29) is 40.2 Å². The first-order valence-corrected chi connectivity index (χ1v) is 9.67. The molecule has 4 rings (SSSR count). The van der Waals surface area contributed by atoms with Gasteiger partial charge in [0.1, 0.15) is 17.1 Å². The van der Waals surface area contributed by atoms with Crippen molar-refractivity contribution in [3.05, 3.63) is 58.9 Å². The third-order valence-corrected chi connectivity index (χ3v) is 5.83. The van der Waals surface area contributed by atoms with Crippen LogP contribution in [0.5, 0.6) is 5.75 Å². The number of carbonyl (C=O) groups is 3. The number of ether oxygens (including phenoxy) is 1. The van der Waals surface area contributed by atoms with Crippen LogP contribution in [0.15, 0.2) is 42.6 Å². The minimum absolute atomic E-state index is 0.0582. The molecule has 29 heavy (non-hydrogen) atoms. The fourth-order valence-corrected chi connectivity index (χ4v) is 4.43. The number of nitrogens with zero attached hydrogens (tertiary/aromatic N) is 2. The summed E-state index contributed by atoms with van der Waals surface area (Å²) in [4.78, 5) is 42.5. The summed E-state index contributed by atoms with van der Waals surface area (Å²) in [5.41, 5.74) is 0.628. The van der Waals surface area contributed by atoms with E-state index in [0.717, 1.165) is 5.56 Å². The molecule has 2 saturated heterocycles. The number of likely N-dealkylation sites (tertiary alicyclic amines) is 1. The summed E-state index contributed by atoms with van der Waals surface area (Å²) in [6.45, 7) is 3.48. The minimum Gasteiger partial charge on any atom is -0.423 e. The van der Waals surface area contributed by atoms with Crippen molar-refractivity contribution in [2.45, 2.75) is 38.9 Å². The number of amides is 2. The molecule has 0 aliphatic carbocycles. The highest BCUT2D eigenvalue weighted by atomic mass is 35.5. The summed E-state index contributed by atoms with van der Waals surface area (Å²) in [6.07, 6.45) is 1.93. The standard InChI is InChI=1S/C21H20ClN3O4/c1-12(26)25-15(9-21(2)10-18(27)24-20(21)25)14-5-3-4-6-16(14)29-19(28)13-7-8-17(22)23-11-13/h3-8,11,15,20H,9-10H2,1-2H3,(H,24,27). The zero-order chi connectivity index (χ0) is 20.8. The normalized spacial score (nSPS) is 25.5. The van der Waals surface area contributed by atoms with Crippen LogP contribution in [0.1, 0.15) is 48.7 Å². The quantitative estimate of drug-likeness (QED) is 0.474. The second kappa shape index (κ2) is 7.15. The van der Waals surface area contributed by atoms with Crippen LogP contribution in [0, 0.1) is 5.41 Å². The van der Waals surface area contributed by atoms with Crippen molar-refractivity contribution < 1.29 is 19.1 Å². The van der Waals surface area contributed by atoms with Crippen molar-refractivity contribution in [2.75, 3.05) is 0 Å². The van der Waals surface area contributed by atoms with E-state index in [1.54, 1.807) is 23.1 Å². The predicted molar refractivity (Wildman–Crippen MR) is 105 cm³/mol. The van der Waals surface area contributed by atoms with E-state index in [1.165, 1.54) is 19.2 Å². The van der Waals surface area contributed by atoms with Gasteiger partial charge in [0, 0.05) is 30.5 Å². The molecule has 3 atom stereocenters. The second-order valence-corrected chi connectivity index (χ2v) is 8.13. The van der Waals surface area contributed by atoms with Crippen molar-refractivity contribution in [1.29, 1.82) is 0 Å². The Balaban J connectivity index is 1.66. The van der Waals surface area contributed by atoms with Gasteiger partial charge < -0.3 is 15.0 Å². The minimum atomic E-state index is -0.561. The zero-order valence-corrected chi connectivity index (χ0v) is 16.8. The van der Waals surface area contributed by atoms with Gasteiger partial charge in [-0.2, -0.15) is 0 Å². The lowest BCUT2D eigenvalue weighted by molar-refractivity contribution is -0.133. The molecule has 7 nitrogen and oxygen atoms in total. The van der Waals surface area contributed by atoms with Gasteiger partial charge in [0.05, 0.1) is 11.6 Å². The van der Waals surface area contributed by atoms with Crippen LogP contribution in [0.2, 0.25) is 5.15 Å². The zero-order valence-electron chi connectivity index (χ0n) is 16.0. The highest BCUT2D eigenvalue weighted by Crippen LogP contribution is 2.52. The van der Waals surface area contributed by atoms with Crippen molar-refractivity contribution in [2.24, 2.45) is 5.41 Å². The monoisotopic (exact) mass is 413 g/mol. The maximum Gasteiger partial charge on any atom is 0.345 e. The highest BCUT2D eigenvalue weighted by Gasteiger charge is 2.56. The third-order valence-electron chi connectivity index (χ3n) is 5.60. The van der Waals surface area contributed by atoms with Crippen LogP contribution < -0.4 is 10.1 Å². The molecule has 2 aromatic rings. The Labute approximate surface area is 173 Å². The number of rotatable bonds is 3. The van der Waals surface area contributed by atoms with Gasteiger partial charge in [-0.1, -0.05) is 36.7 Å². The van der Waals surface area contributed by atoms with E-state index in [4.69, 9.17) is 16.3 Å². The first kappa shape index (κ1) is 19.4. The van der Waals surface area contributed by atoms with E-state index >= 15 is 0 Å². The van der Waals surface area contributed by atoms with Gasteiger partial charge in [-0.25, -0.2) is 9.78 Å². The molecule has 3 unspecified atom stereocenters. The van der Waals surface area contributed by atoms with Crippen molar-refractivity contribution >= 4 is 29.4 Å². The number of para-hydroxylation sites is 1. The summed E-state index contributed by atoms with van der Waals surface area (Å²) in [7, 11) is 0. The number of carbonyl (C=O) groups excluding carboxylic acids is 3. The van der Waals surface area contributed by atoms with Gasteiger partial charge in [0.2, 0.25) is 11.8 Å². The Bertz CT molecular complexity index is 994. The Morgan fingerprint density at radius 2 is 2.03 bits per heavy atom.